The molecule has 3 rings (SSSR count). The summed E-state index contributed by atoms with van der Waals surface area (Å²) in [7, 11) is 1.60. The highest BCUT2D eigenvalue weighted by molar-refractivity contribution is 5.78. The lowest BCUT2D eigenvalue weighted by molar-refractivity contribution is -0.135. The van der Waals surface area contributed by atoms with Crippen LogP contribution in [-0.4, -0.2) is 72.9 Å². The van der Waals surface area contributed by atoms with Crippen LogP contribution in [0.5, 0.6) is 11.5 Å². The van der Waals surface area contributed by atoms with Crippen molar-refractivity contribution in [3.8, 4) is 11.5 Å². The molecule has 2 aliphatic rings. The molecule has 1 saturated carbocycles. The Bertz CT molecular complexity index is 599. The molecule has 0 aromatic heterocycles. The highest BCUT2D eigenvalue weighted by Crippen LogP contribution is 2.28. The van der Waals surface area contributed by atoms with Crippen molar-refractivity contribution < 1.29 is 19.4 Å². The van der Waals surface area contributed by atoms with Crippen LogP contribution in [-0.2, 0) is 4.79 Å². The molecule has 1 saturated heterocycles. The van der Waals surface area contributed by atoms with E-state index in [1.165, 1.54) is 0 Å². The summed E-state index contributed by atoms with van der Waals surface area (Å²) < 4.78 is 11.0. The summed E-state index contributed by atoms with van der Waals surface area (Å²) >= 11 is 0. The van der Waals surface area contributed by atoms with Gasteiger partial charge in [-0.1, -0.05) is 6.07 Å². The number of carbonyl (C=O) groups excluding carboxylic acids is 1. The zero-order chi connectivity index (χ0) is 17.8. The predicted octanol–water partition coefficient (Wildman–Crippen LogP) is 1.44. The lowest BCUT2D eigenvalue weighted by Crippen LogP contribution is -2.54. The molecule has 1 heterocycles. The number of aliphatic hydroxyl groups is 1. The number of ether oxygens (including phenoxy) is 2. The van der Waals surface area contributed by atoms with Crippen molar-refractivity contribution in [1.82, 2.24) is 9.80 Å². The number of methoxy groups -OCH3 is 1. The van der Waals surface area contributed by atoms with E-state index in [1.807, 2.05) is 30.0 Å². The van der Waals surface area contributed by atoms with Gasteiger partial charge in [0.15, 0.2) is 18.1 Å². The minimum Gasteiger partial charge on any atom is -0.493 e. The first-order chi connectivity index (χ1) is 12.1. The maximum absolute atomic E-state index is 12.4. The van der Waals surface area contributed by atoms with Crippen LogP contribution >= 0.6 is 0 Å². The topological polar surface area (TPSA) is 62.2 Å². The van der Waals surface area contributed by atoms with Crippen molar-refractivity contribution in [1.29, 1.82) is 0 Å². The van der Waals surface area contributed by atoms with Gasteiger partial charge in [-0.3, -0.25) is 9.69 Å². The fraction of sp³-hybridized carbons (Fsp3) is 0.632. The van der Waals surface area contributed by atoms with E-state index in [-0.39, 0.29) is 24.7 Å². The van der Waals surface area contributed by atoms with Crippen LogP contribution in [0.2, 0.25) is 0 Å². The second-order valence-electron chi connectivity index (χ2n) is 6.93. The predicted molar refractivity (Wildman–Crippen MR) is 95.0 cm³/mol. The van der Waals surface area contributed by atoms with Crippen molar-refractivity contribution in [3.63, 3.8) is 0 Å². The molecule has 1 aromatic carbocycles. The number of aliphatic hydroxyl groups excluding tert-OH is 1. The fourth-order valence-electron chi connectivity index (χ4n) is 3.77. The average molecular weight is 348 g/mol. The van der Waals surface area contributed by atoms with Gasteiger partial charge in [-0.05, 0) is 43.9 Å². The average Bonchev–Trinajstić information content (AvgIpc) is 3.06. The highest BCUT2D eigenvalue weighted by atomic mass is 16.5. The third-order valence-corrected chi connectivity index (χ3v) is 5.25. The van der Waals surface area contributed by atoms with E-state index in [4.69, 9.17) is 9.47 Å². The molecule has 138 valence electrons. The summed E-state index contributed by atoms with van der Waals surface area (Å²) in [4.78, 5) is 16.6. The SMILES string of the molecule is COc1cc(C)ccc1OCC(=O)N1CCN([C@@H]2CCC[C@@H]2O)CC1. The molecule has 1 aliphatic carbocycles. The molecule has 0 radical (unpaired) electrons. The largest absolute Gasteiger partial charge is 0.493 e. The van der Waals surface area contributed by atoms with E-state index >= 15 is 0 Å². The Hall–Kier alpha value is -1.79. The van der Waals surface area contributed by atoms with Crippen LogP contribution in [0.3, 0.4) is 0 Å². The number of hydrogen-bond acceptors (Lipinski definition) is 5. The zero-order valence-electron chi connectivity index (χ0n) is 15.1. The number of hydrogen-bond donors (Lipinski definition) is 1. The maximum Gasteiger partial charge on any atom is 0.260 e. The highest BCUT2D eigenvalue weighted by Gasteiger charge is 2.33. The van der Waals surface area contributed by atoms with Gasteiger partial charge in [0.25, 0.3) is 5.91 Å². The van der Waals surface area contributed by atoms with Crippen LogP contribution in [0.25, 0.3) is 0 Å². The van der Waals surface area contributed by atoms with Gasteiger partial charge in [0.2, 0.25) is 0 Å². The summed E-state index contributed by atoms with van der Waals surface area (Å²) in [5, 5.41) is 10.0. The first kappa shape index (κ1) is 18.0. The lowest BCUT2D eigenvalue weighted by atomic mass is 10.1. The van der Waals surface area contributed by atoms with Crippen molar-refractivity contribution in [3.05, 3.63) is 23.8 Å². The van der Waals surface area contributed by atoms with Gasteiger partial charge < -0.3 is 19.5 Å². The number of benzene rings is 1. The number of nitrogens with zero attached hydrogens (tertiary/aromatic N) is 2. The molecule has 1 aromatic rings. The van der Waals surface area contributed by atoms with Crippen LogP contribution in [0.4, 0.5) is 0 Å². The Kier molecular flexibility index (Phi) is 5.81. The van der Waals surface area contributed by atoms with Crippen molar-refractivity contribution in [2.75, 3.05) is 39.9 Å². The van der Waals surface area contributed by atoms with Crippen LogP contribution in [0, 0.1) is 6.92 Å². The van der Waals surface area contributed by atoms with Crippen molar-refractivity contribution in [2.24, 2.45) is 0 Å². The van der Waals surface area contributed by atoms with E-state index < -0.39 is 0 Å². The summed E-state index contributed by atoms with van der Waals surface area (Å²) in [5.74, 6) is 1.23. The van der Waals surface area contributed by atoms with Gasteiger partial charge in [-0.25, -0.2) is 0 Å². The van der Waals surface area contributed by atoms with Gasteiger partial charge in [0.05, 0.1) is 13.2 Å². The van der Waals surface area contributed by atoms with Gasteiger partial charge in [0.1, 0.15) is 0 Å². The second kappa shape index (κ2) is 8.06. The molecule has 2 fully saturated rings. The number of carbonyl (C=O) groups is 1. The quantitative estimate of drug-likeness (QED) is 0.872. The van der Waals surface area contributed by atoms with Gasteiger partial charge in [0, 0.05) is 32.2 Å². The van der Waals surface area contributed by atoms with E-state index in [0.717, 1.165) is 37.9 Å². The van der Waals surface area contributed by atoms with Crippen LogP contribution in [0.1, 0.15) is 24.8 Å². The molecule has 6 heteroatoms. The van der Waals surface area contributed by atoms with E-state index in [9.17, 15) is 9.90 Å². The normalized spacial score (nSPS) is 24.4. The van der Waals surface area contributed by atoms with E-state index in [2.05, 4.69) is 4.90 Å². The summed E-state index contributed by atoms with van der Waals surface area (Å²) in [6.07, 6.45) is 2.85. The van der Waals surface area contributed by atoms with Crippen LogP contribution < -0.4 is 9.47 Å². The first-order valence-corrected chi connectivity index (χ1v) is 9.06. The van der Waals surface area contributed by atoms with Gasteiger partial charge in [-0.2, -0.15) is 0 Å². The number of amides is 1. The van der Waals surface area contributed by atoms with Gasteiger partial charge >= 0.3 is 0 Å². The number of aryl methyl sites for hydroxylation is 1. The molecule has 1 amide bonds. The Labute approximate surface area is 149 Å². The molecule has 1 aliphatic heterocycles. The molecular weight excluding hydrogens is 320 g/mol. The standard InChI is InChI=1S/C19H28N2O4/c1-14-6-7-17(18(12-14)24-2)25-13-19(23)21-10-8-20(9-11-21)15-4-3-5-16(15)22/h6-7,12,15-16,22H,3-5,8-11,13H2,1-2H3/t15-,16+/m1/s1. The fourth-order valence-corrected chi connectivity index (χ4v) is 3.77. The second-order valence-corrected chi connectivity index (χ2v) is 6.93. The van der Waals surface area contributed by atoms with Crippen LogP contribution in [0.15, 0.2) is 18.2 Å². The van der Waals surface area contributed by atoms with E-state index in [0.29, 0.717) is 24.6 Å². The third kappa shape index (κ3) is 4.25. The Morgan fingerprint density at radius 3 is 2.60 bits per heavy atom. The summed E-state index contributed by atoms with van der Waals surface area (Å²) in [6.45, 7) is 5.03. The molecule has 2 atom stereocenters. The van der Waals surface area contributed by atoms with E-state index in [1.54, 1.807) is 7.11 Å². The lowest BCUT2D eigenvalue weighted by Gasteiger charge is -2.39. The zero-order valence-corrected chi connectivity index (χ0v) is 15.1. The van der Waals surface area contributed by atoms with Gasteiger partial charge in [-0.15, -0.1) is 0 Å². The maximum atomic E-state index is 12.4. The Morgan fingerprint density at radius 2 is 1.96 bits per heavy atom. The van der Waals surface area contributed by atoms with Crippen molar-refractivity contribution in [2.45, 2.75) is 38.3 Å². The third-order valence-electron chi connectivity index (χ3n) is 5.25. The Balaban J connectivity index is 1.48. The monoisotopic (exact) mass is 348 g/mol. The Morgan fingerprint density at radius 1 is 1.20 bits per heavy atom. The summed E-state index contributed by atoms with van der Waals surface area (Å²) in [6, 6.07) is 5.94. The molecule has 25 heavy (non-hydrogen) atoms. The molecule has 6 nitrogen and oxygen atoms in total. The molecule has 0 spiro atoms. The molecule has 0 bridgehead atoms. The summed E-state index contributed by atoms with van der Waals surface area (Å²) in [5.41, 5.74) is 1.08. The number of piperazine rings is 1. The first-order valence-electron chi connectivity index (χ1n) is 9.06. The molecule has 0 unspecified atom stereocenters. The minimum absolute atomic E-state index is 0.00533. The van der Waals surface area contributed by atoms with Crippen molar-refractivity contribution >= 4 is 5.91 Å². The molecule has 1 N–H and O–H groups in total. The number of rotatable bonds is 5. The smallest absolute Gasteiger partial charge is 0.260 e. The minimum atomic E-state index is -0.209. The molecular formula is C19H28N2O4.